The van der Waals surface area contributed by atoms with Crippen LogP contribution < -0.4 is 5.32 Å². The van der Waals surface area contributed by atoms with E-state index in [4.69, 9.17) is 0 Å². The first-order valence-electron chi connectivity index (χ1n) is 6.15. The van der Waals surface area contributed by atoms with Crippen LogP contribution in [0.1, 0.15) is 22.6 Å². The number of amides is 1. The monoisotopic (exact) mass is 244 g/mol. The Kier molecular flexibility index (Phi) is 2.66. The van der Waals surface area contributed by atoms with E-state index >= 15 is 0 Å². The smallest absolute Gasteiger partial charge is 0.268 e. The second-order valence-corrected chi connectivity index (χ2v) is 4.75. The minimum atomic E-state index is -0.00364. The van der Waals surface area contributed by atoms with Crippen LogP contribution in [0.4, 0.5) is 0 Å². The third kappa shape index (κ3) is 1.92. The van der Waals surface area contributed by atoms with Crippen LogP contribution in [0.2, 0.25) is 0 Å². The van der Waals surface area contributed by atoms with Crippen molar-refractivity contribution in [3.63, 3.8) is 0 Å². The molecular weight excluding hydrogens is 228 g/mol. The standard InChI is InChI=1S/C13H16N4O/c1-16-6-2-3-12(16)13(18)15-10-4-5-11-7-14-9-17(11)8-10/h2-3,6-7,9-10H,4-5,8H2,1H3,(H,15,18). The molecule has 0 spiro atoms. The van der Waals surface area contributed by atoms with Gasteiger partial charge in [0.1, 0.15) is 5.69 Å². The molecule has 0 saturated carbocycles. The number of imidazole rings is 1. The number of rotatable bonds is 2. The summed E-state index contributed by atoms with van der Waals surface area (Å²) in [5.41, 5.74) is 1.95. The lowest BCUT2D eigenvalue weighted by Gasteiger charge is -2.25. The van der Waals surface area contributed by atoms with Gasteiger partial charge in [-0.1, -0.05) is 0 Å². The van der Waals surface area contributed by atoms with Gasteiger partial charge in [0.2, 0.25) is 0 Å². The minimum absolute atomic E-state index is 0.00364. The maximum absolute atomic E-state index is 12.1. The van der Waals surface area contributed by atoms with Crippen LogP contribution >= 0.6 is 0 Å². The summed E-state index contributed by atoms with van der Waals surface area (Å²) in [6.07, 6.45) is 7.55. The van der Waals surface area contributed by atoms with Gasteiger partial charge in [-0.15, -0.1) is 0 Å². The zero-order valence-electron chi connectivity index (χ0n) is 10.3. The molecule has 5 heteroatoms. The molecule has 1 unspecified atom stereocenters. The van der Waals surface area contributed by atoms with Crippen molar-refractivity contribution in [2.75, 3.05) is 0 Å². The summed E-state index contributed by atoms with van der Waals surface area (Å²) in [6.45, 7) is 0.811. The summed E-state index contributed by atoms with van der Waals surface area (Å²) >= 11 is 0. The molecule has 5 nitrogen and oxygen atoms in total. The second-order valence-electron chi connectivity index (χ2n) is 4.75. The summed E-state index contributed by atoms with van der Waals surface area (Å²) < 4.78 is 3.94. The summed E-state index contributed by atoms with van der Waals surface area (Å²) in [6, 6.07) is 3.90. The van der Waals surface area contributed by atoms with E-state index in [9.17, 15) is 4.79 Å². The van der Waals surface area contributed by atoms with Crippen molar-refractivity contribution in [2.45, 2.75) is 25.4 Å². The Morgan fingerprint density at radius 2 is 2.44 bits per heavy atom. The molecular formula is C13H16N4O. The first-order chi connectivity index (χ1) is 8.74. The van der Waals surface area contributed by atoms with E-state index in [0.717, 1.165) is 19.4 Å². The fourth-order valence-corrected chi connectivity index (χ4v) is 2.45. The SMILES string of the molecule is Cn1cccc1C(=O)NC1CCc2cncn2C1. The molecule has 2 aromatic heterocycles. The zero-order valence-corrected chi connectivity index (χ0v) is 10.3. The van der Waals surface area contributed by atoms with E-state index in [2.05, 4.69) is 14.9 Å². The fraction of sp³-hybridized carbons (Fsp3) is 0.385. The summed E-state index contributed by atoms with van der Waals surface area (Å²) in [4.78, 5) is 16.2. The van der Waals surface area contributed by atoms with Crippen LogP contribution in [0.25, 0.3) is 0 Å². The first-order valence-corrected chi connectivity index (χ1v) is 6.15. The molecule has 1 N–H and O–H groups in total. The van der Waals surface area contributed by atoms with Crippen molar-refractivity contribution in [3.8, 4) is 0 Å². The van der Waals surface area contributed by atoms with Crippen molar-refractivity contribution in [2.24, 2.45) is 7.05 Å². The molecule has 0 bridgehead atoms. The number of nitrogens with one attached hydrogen (secondary N) is 1. The van der Waals surface area contributed by atoms with Crippen molar-refractivity contribution < 1.29 is 4.79 Å². The lowest BCUT2D eigenvalue weighted by molar-refractivity contribution is 0.0919. The molecule has 0 saturated heterocycles. The minimum Gasteiger partial charge on any atom is -0.347 e. The lowest BCUT2D eigenvalue weighted by Crippen LogP contribution is -2.41. The molecule has 1 aliphatic rings. The molecule has 3 heterocycles. The molecule has 0 aromatic carbocycles. The van der Waals surface area contributed by atoms with Gasteiger partial charge >= 0.3 is 0 Å². The number of hydrogen-bond donors (Lipinski definition) is 1. The van der Waals surface area contributed by atoms with Crippen molar-refractivity contribution >= 4 is 5.91 Å². The Hall–Kier alpha value is -2.04. The van der Waals surface area contributed by atoms with Gasteiger partial charge in [-0.3, -0.25) is 4.79 Å². The molecule has 0 radical (unpaired) electrons. The van der Waals surface area contributed by atoms with Gasteiger partial charge in [-0.25, -0.2) is 4.98 Å². The van der Waals surface area contributed by atoms with E-state index < -0.39 is 0 Å². The Bertz CT molecular complexity index is 569. The van der Waals surface area contributed by atoms with Crippen molar-refractivity contribution in [1.82, 2.24) is 19.4 Å². The normalized spacial score (nSPS) is 18.4. The van der Waals surface area contributed by atoms with Gasteiger partial charge in [0, 0.05) is 37.7 Å². The van der Waals surface area contributed by atoms with E-state index in [1.54, 1.807) is 0 Å². The number of nitrogens with zero attached hydrogens (tertiary/aromatic N) is 3. The van der Waals surface area contributed by atoms with E-state index in [0.29, 0.717) is 5.69 Å². The number of aryl methyl sites for hydroxylation is 2. The van der Waals surface area contributed by atoms with Gasteiger partial charge < -0.3 is 14.5 Å². The second kappa shape index (κ2) is 4.33. The predicted molar refractivity (Wildman–Crippen MR) is 67.2 cm³/mol. The van der Waals surface area contributed by atoms with Crippen molar-refractivity contribution in [1.29, 1.82) is 0 Å². The van der Waals surface area contributed by atoms with Crippen LogP contribution in [-0.2, 0) is 20.0 Å². The number of hydrogen-bond acceptors (Lipinski definition) is 2. The van der Waals surface area contributed by atoms with E-state index in [-0.39, 0.29) is 11.9 Å². The van der Waals surface area contributed by atoms with Crippen molar-refractivity contribution in [3.05, 3.63) is 42.2 Å². The molecule has 94 valence electrons. The van der Waals surface area contributed by atoms with E-state index in [1.165, 1.54) is 5.69 Å². The van der Waals surface area contributed by atoms with Crippen LogP contribution in [0, 0.1) is 0 Å². The first kappa shape index (κ1) is 11.1. The van der Waals surface area contributed by atoms with Crippen LogP contribution in [0.5, 0.6) is 0 Å². The highest BCUT2D eigenvalue weighted by molar-refractivity contribution is 5.92. The number of carbonyl (C=O) groups excluding carboxylic acids is 1. The summed E-state index contributed by atoms with van der Waals surface area (Å²) in [5, 5.41) is 3.08. The third-order valence-electron chi connectivity index (χ3n) is 3.48. The molecule has 0 fully saturated rings. The van der Waals surface area contributed by atoms with Crippen LogP contribution in [0.3, 0.4) is 0 Å². The summed E-state index contributed by atoms with van der Waals surface area (Å²) in [7, 11) is 1.88. The molecule has 1 aliphatic heterocycles. The average molecular weight is 244 g/mol. The highest BCUT2D eigenvalue weighted by atomic mass is 16.2. The highest BCUT2D eigenvalue weighted by Gasteiger charge is 2.21. The highest BCUT2D eigenvalue weighted by Crippen LogP contribution is 2.14. The Balaban J connectivity index is 1.68. The Labute approximate surface area is 105 Å². The zero-order chi connectivity index (χ0) is 12.5. The number of fused-ring (bicyclic) bond motifs is 1. The van der Waals surface area contributed by atoms with Gasteiger partial charge in [-0.05, 0) is 25.0 Å². The average Bonchev–Trinajstić information content (AvgIpc) is 2.96. The third-order valence-corrected chi connectivity index (χ3v) is 3.48. The molecule has 18 heavy (non-hydrogen) atoms. The fourth-order valence-electron chi connectivity index (χ4n) is 2.45. The molecule has 1 amide bonds. The molecule has 3 rings (SSSR count). The Morgan fingerprint density at radius 1 is 1.56 bits per heavy atom. The van der Waals surface area contributed by atoms with Gasteiger partial charge in [-0.2, -0.15) is 0 Å². The quantitative estimate of drug-likeness (QED) is 0.855. The Morgan fingerprint density at radius 3 is 3.22 bits per heavy atom. The topological polar surface area (TPSA) is 51.9 Å². The maximum atomic E-state index is 12.1. The predicted octanol–water partition coefficient (Wildman–Crippen LogP) is 0.966. The molecule has 2 aromatic rings. The van der Waals surface area contributed by atoms with E-state index in [1.807, 2.05) is 42.5 Å². The van der Waals surface area contributed by atoms with Gasteiger partial charge in [0.05, 0.1) is 6.33 Å². The number of aromatic nitrogens is 3. The van der Waals surface area contributed by atoms with Crippen LogP contribution in [0.15, 0.2) is 30.9 Å². The summed E-state index contributed by atoms with van der Waals surface area (Å²) in [5.74, 6) is -0.00364. The van der Waals surface area contributed by atoms with Gasteiger partial charge in [0.25, 0.3) is 5.91 Å². The number of carbonyl (C=O) groups is 1. The maximum Gasteiger partial charge on any atom is 0.268 e. The largest absolute Gasteiger partial charge is 0.347 e. The molecule has 1 atom stereocenters. The molecule has 0 aliphatic carbocycles. The van der Waals surface area contributed by atoms with Gasteiger partial charge in [0.15, 0.2) is 0 Å². The lowest BCUT2D eigenvalue weighted by atomic mass is 10.1. The van der Waals surface area contributed by atoms with Crippen LogP contribution in [-0.4, -0.2) is 26.1 Å².